The van der Waals surface area contributed by atoms with Gasteiger partial charge >= 0.3 is 0 Å². The van der Waals surface area contributed by atoms with E-state index in [0.29, 0.717) is 12.1 Å². The van der Waals surface area contributed by atoms with E-state index in [1.54, 1.807) is 13.2 Å². The number of halogens is 1. The summed E-state index contributed by atoms with van der Waals surface area (Å²) in [6, 6.07) is 4.99. The molecule has 0 aromatic heterocycles. The Balaban J connectivity index is 1.58. The number of rotatable bonds is 7. The molecule has 3 rings (SSSR count). The van der Waals surface area contributed by atoms with Gasteiger partial charge in [-0.2, -0.15) is 0 Å². The Labute approximate surface area is 185 Å². The number of likely N-dealkylation sites (tertiary alicyclic amines) is 1. The predicted octanol–water partition coefficient (Wildman–Crippen LogP) is 2.07. The van der Waals surface area contributed by atoms with E-state index in [1.807, 2.05) is 17.9 Å². The standard InChI is InChI=1S/C23H36FN5O2/c1-4-25-23(26-16-19-7-8-21(24)20(15-19)17-31-3)29-13-11-27(12-14-29)18(2)22(30)28-9-5-6-10-28/h7-8,15,18H,4-6,9-14,16-17H2,1-3H3,(H,25,26). The summed E-state index contributed by atoms with van der Waals surface area (Å²) in [6.45, 7) is 10.7. The van der Waals surface area contributed by atoms with Gasteiger partial charge in [-0.25, -0.2) is 9.38 Å². The fourth-order valence-corrected chi connectivity index (χ4v) is 4.26. The zero-order valence-electron chi connectivity index (χ0n) is 19.1. The van der Waals surface area contributed by atoms with Gasteiger partial charge in [-0.3, -0.25) is 9.69 Å². The largest absolute Gasteiger partial charge is 0.380 e. The van der Waals surface area contributed by atoms with Crippen LogP contribution in [-0.2, 0) is 22.7 Å². The number of guanidine groups is 1. The summed E-state index contributed by atoms with van der Waals surface area (Å²) in [5.41, 5.74) is 1.50. The molecule has 1 atom stereocenters. The molecule has 172 valence electrons. The van der Waals surface area contributed by atoms with Crippen molar-refractivity contribution in [2.24, 2.45) is 4.99 Å². The minimum atomic E-state index is -0.254. The maximum Gasteiger partial charge on any atom is 0.239 e. The summed E-state index contributed by atoms with van der Waals surface area (Å²) >= 11 is 0. The van der Waals surface area contributed by atoms with Gasteiger partial charge in [0.1, 0.15) is 5.82 Å². The van der Waals surface area contributed by atoms with Crippen LogP contribution in [0.25, 0.3) is 0 Å². The van der Waals surface area contributed by atoms with Crippen LogP contribution in [0, 0.1) is 5.82 Å². The highest BCUT2D eigenvalue weighted by atomic mass is 19.1. The molecule has 2 heterocycles. The van der Waals surface area contributed by atoms with Crippen molar-refractivity contribution < 1.29 is 13.9 Å². The molecule has 1 aromatic rings. The molecule has 2 saturated heterocycles. The number of hydrogen-bond acceptors (Lipinski definition) is 4. The van der Waals surface area contributed by atoms with Crippen molar-refractivity contribution in [1.29, 1.82) is 0 Å². The molecule has 2 fully saturated rings. The van der Waals surface area contributed by atoms with E-state index in [4.69, 9.17) is 9.73 Å². The Bertz CT molecular complexity index is 758. The fourth-order valence-electron chi connectivity index (χ4n) is 4.26. The Morgan fingerprint density at radius 1 is 1.16 bits per heavy atom. The minimum absolute atomic E-state index is 0.0711. The Hall–Kier alpha value is -2.19. The van der Waals surface area contributed by atoms with E-state index in [-0.39, 0.29) is 24.4 Å². The Morgan fingerprint density at radius 3 is 2.52 bits per heavy atom. The van der Waals surface area contributed by atoms with Crippen LogP contribution in [0.4, 0.5) is 4.39 Å². The average Bonchev–Trinajstić information content (AvgIpc) is 3.33. The Morgan fingerprint density at radius 2 is 1.87 bits per heavy atom. The first-order valence-corrected chi connectivity index (χ1v) is 11.4. The van der Waals surface area contributed by atoms with Gasteiger partial charge in [0.15, 0.2) is 5.96 Å². The summed E-state index contributed by atoms with van der Waals surface area (Å²) in [4.78, 5) is 24.0. The zero-order chi connectivity index (χ0) is 22.2. The van der Waals surface area contributed by atoms with Crippen LogP contribution < -0.4 is 5.32 Å². The van der Waals surface area contributed by atoms with Crippen molar-refractivity contribution >= 4 is 11.9 Å². The molecule has 1 aromatic carbocycles. The second-order valence-corrected chi connectivity index (χ2v) is 8.26. The lowest BCUT2D eigenvalue weighted by atomic mass is 10.1. The number of carbonyl (C=O) groups is 1. The lowest BCUT2D eigenvalue weighted by Crippen LogP contribution is -2.57. The molecule has 0 radical (unpaired) electrons. The van der Waals surface area contributed by atoms with Crippen molar-refractivity contribution in [3.8, 4) is 0 Å². The van der Waals surface area contributed by atoms with Gasteiger partial charge in [0.25, 0.3) is 0 Å². The van der Waals surface area contributed by atoms with Gasteiger partial charge in [-0.15, -0.1) is 0 Å². The van der Waals surface area contributed by atoms with E-state index < -0.39 is 0 Å². The maximum absolute atomic E-state index is 13.9. The van der Waals surface area contributed by atoms with Crippen LogP contribution >= 0.6 is 0 Å². The lowest BCUT2D eigenvalue weighted by molar-refractivity contribution is -0.135. The highest BCUT2D eigenvalue weighted by molar-refractivity contribution is 5.82. The minimum Gasteiger partial charge on any atom is -0.380 e. The number of nitrogens with zero attached hydrogens (tertiary/aromatic N) is 4. The molecule has 0 bridgehead atoms. The van der Waals surface area contributed by atoms with Gasteiger partial charge < -0.3 is 19.9 Å². The van der Waals surface area contributed by atoms with Crippen LogP contribution in [-0.4, -0.2) is 85.5 Å². The van der Waals surface area contributed by atoms with Gasteiger partial charge in [-0.1, -0.05) is 6.07 Å². The normalized spacial score (nSPS) is 19.0. The van der Waals surface area contributed by atoms with Gasteiger partial charge in [0.05, 0.1) is 19.2 Å². The number of ether oxygens (including phenoxy) is 1. The summed E-state index contributed by atoms with van der Waals surface area (Å²) in [5, 5.41) is 3.37. The van der Waals surface area contributed by atoms with Crippen LogP contribution in [0.5, 0.6) is 0 Å². The van der Waals surface area contributed by atoms with E-state index >= 15 is 0 Å². The van der Waals surface area contributed by atoms with Crippen LogP contribution in [0.1, 0.15) is 37.8 Å². The highest BCUT2D eigenvalue weighted by Gasteiger charge is 2.30. The molecule has 1 unspecified atom stereocenters. The molecule has 1 amide bonds. The second kappa shape index (κ2) is 11.4. The number of methoxy groups -OCH3 is 1. The third-order valence-corrected chi connectivity index (χ3v) is 6.09. The van der Waals surface area contributed by atoms with E-state index in [1.165, 1.54) is 6.07 Å². The molecule has 2 aliphatic heterocycles. The van der Waals surface area contributed by atoms with Crippen molar-refractivity contribution in [3.05, 3.63) is 35.1 Å². The van der Waals surface area contributed by atoms with Crippen LogP contribution in [0.15, 0.2) is 23.2 Å². The number of carbonyl (C=O) groups excluding carboxylic acids is 1. The number of nitrogens with one attached hydrogen (secondary N) is 1. The molecule has 0 aliphatic carbocycles. The number of benzene rings is 1. The van der Waals surface area contributed by atoms with Crippen LogP contribution in [0.2, 0.25) is 0 Å². The van der Waals surface area contributed by atoms with E-state index in [2.05, 4.69) is 22.0 Å². The number of aliphatic imine (C=N–C) groups is 1. The molecule has 0 saturated carbocycles. The quantitative estimate of drug-likeness (QED) is 0.527. The first-order valence-electron chi connectivity index (χ1n) is 11.4. The predicted molar refractivity (Wildman–Crippen MR) is 120 cm³/mol. The topological polar surface area (TPSA) is 60.4 Å². The third kappa shape index (κ3) is 6.17. The van der Waals surface area contributed by atoms with Gasteiger partial charge in [0.2, 0.25) is 5.91 Å². The molecular formula is C23H36FN5O2. The zero-order valence-corrected chi connectivity index (χ0v) is 19.1. The lowest BCUT2D eigenvalue weighted by Gasteiger charge is -2.39. The van der Waals surface area contributed by atoms with Crippen LogP contribution in [0.3, 0.4) is 0 Å². The first-order chi connectivity index (χ1) is 15.0. The van der Waals surface area contributed by atoms with E-state index in [9.17, 15) is 9.18 Å². The second-order valence-electron chi connectivity index (χ2n) is 8.26. The van der Waals surface area contributed by atoms with E-state index in [0.717, 1.165) is 70.2 Å². The monoisotopic (exact) mass is 433 g/mol. The Kier molecular flexibility index (Phi) is 8.66. The van der Waals surface area contributed by atoms with Crippen molar-refractivity contribution in [2.45, 2.75) is 45.9 Å². The maximum atomic E-state index is 13.9. The van der Waals surface area contributed by atoms with Crippen molar-refractivity contribution in [1.82, 2.24) is 20.0 Å². The molecule has 1 N–H and O–H groups in total. The summed E-state index contributed by atoms with van der Waals surface area (Å²) < 4.78 is 18.9. The molecular weight excluding hydrogens is 397 g/mol. The number of amides is 1. The molecule has 0 spiro atoms. The fraction of sp³-hybridized carbons (Fsp3) is 0.652. The summed E-state index contributed by atoms with van der Waals surface area (Å²) in [7, 11) is 1.56. The smallest absolute Gasteiger partial charge is 0.239 e. The average molecular weight is 434 g/mol. The first kappa shape index (κ1) is 23.5. The summed E-state index contributed by atoms with van der Waals surface area (Å²) in [6.07, 6.45) is 2.24. The van der Waals surface area contributed by atoms with Crippen molar-refractivity contribution in [2.75, 3.05) is 52.9 Å². The van der Waals surface area contributed by atoms with Gasteiger partial charge in [-0.05, 0) is 44.4 Å². The molecule has 31 heavy (non-hydrogen) atoms. The third-order valence-electron chi connectivity index (χ3n) is 6.09. The van der Waals surface area contributed by atoms with Gasteiger partial charge in [0, 0.05) is 58.5 Å². The number of hydrogen-bond donors (Lipinski definition) is 1. The highest BCUT2D eigenvalue weighted by Crippen LogP contribution is 2.15. The number of piperazine rings is 1. The van der Waals surface area contributed by atoms with Crippen molar-refractivity contribution in [3.63, 3.8) is 0 Å². The molecule has 2 aliphatic rings. The molecule has 8 heteroatoms. The molecule has 7 nitrogen and oxygen atoms in total. The summed E-state index contributed by atoms with van der Waals surface area (Å²) in [5.74, 6) is 0.864. The SMILES string of the molecule is CCNC(=NCc1ccc(F)c(COC)c1)N1CCN(C(C)C(=O)N2CCCC2)CC1.